The number of methoxy groups -OCH3 is 1. The lowest BCUT2D eigenvalue weighted by Crippen LogP contribution is -2.12. The third-order valence-corrected chi connectivity index (χ3v) is 3.17. The molecule has 0 saturated heterocycles. The summed E-state index contributed by atoms with van der Waals surface area (Å²) >= 11 is 1.35. The van der Waals surface area contributed by atoms with E-state index in [4.69, 9.17) is 15.9 Å². The third-order valence-electron chi connectivity index (χ3n) is 2.22. The summed E-state index contributed by atoms with van der Waals surface area (Å²) in [5.41, 5.74) is 6.19. The van der Waals surface area contributed by atoms with Gasteiger partial charge in [0.25, 0.3) is 0 Å². The van der Waals surface area contributed by atoms with E-state index in [2.05, 4.69) is 9.97 Å². The molecule has 92 valence electrons. The molecule has 18 heavy (non-hydrogen) atoms. The molecule has 3 N–H and O–H groups in total. The number of hydrogen-bond acceptors (Lipinski definition) is 5. The molecule has 1 aromatic carbocycles. The summed E-state index contributed by atoms with van der Waals surface area (Å²) in [6, 6.07) is 7.10. The Labute approximate surface area is 109 Å². The van der Waals surface area contributed by atoms with Gasteiger partial charge in [0, 0.05) is 22.9 Å². The molecular formula is C12H12N4OS. The third kappa shape index (κ3) is 2.78. The van der Waals surface area contributed by atoms with E-state index in [0.717, 1.165) is 4.90 Å². The molecule has 2 rings (SSSR count). The number of ether oxygens (including phenoxy) is 1. The molecule has 0 radical (unpaired) electrons. The molecule has 0 aliphatic carbocycles. The number of nitrogens with zero attached hydrogens (tertiary/aromatic N) is 2. The van der Waals surface area contributed by atoms with Gasteiger partial charge in [-0.2, -0.15) is 0 Å². The van der Waals surface area contributed by atoms with Crippen molar-refractivity contribution in [3.63, 3.8) is 0 Å². The summed E-state index contributed by atoms with van der Waals surface area (Å²) in [4.78, 5) is 9.06. The maximum absolute atomic E-state index is 7.55. The molecule has 0 atom stereocenters. The van der Waals surface area contributed by atoms with Gasteiger partial charge in [-0.05, 0) is 36.0 Å². The van der Waals surface area contributed by atoms with E-state index in [1.54, 1.807) is 37.7 Å². The molecule has 2 aromatic rings. The fourth-order valence-electron chi connectivity index (χ4n) is 1.37. The maximum atomic E-state index is 7.55. The van der Waals surface area contributed by atoms with Gasteiger partial charge in [0.15, 0.2) is 5.16 Å². The Morgan fingerprint density at radius 2 is 2.06 bits per heavy atom. The van der Waals surface area contributed by atoms with Crippen LogP contribution < -0.4 is 10.5 Å². The van der Waals surface area contributed by atoms with Gasteiger partial charge in [0.05, 0.1) is 7.11 Å². The zero-order valence-electron chi connectivity index (χ0n) is 9.75. The first kappa shape index (κ1) is 12.4. The van der Waals surface area contributed by atoms with Gasteiger partial charge in [-0.15, -0.1) is 0 Å². The van der Waals surface area contributed by atoms with E-state index in [1.165, 1.54) is 11.8 Å². The van der Waals surface area contributed by atoms with E-state index < -0.39 is 0 Å². The van der Waals surface area contributed by atoms with Gasteiger partial charge >= 0.3 is 0 Å². The minimum Gasteiger partial charge on any atom is -0.497 e. The second-order valence-corrected chi connectivity index (χ2v) is 4.42. The predicted octanol–water partition coefficient (Wildman–Crippen LogP) is 1.92. The average molecular weight is 260 g/mol. The van der Waals surface area contributed by atoms with Crippen LogP contribution in [0.4, 0.5) is 0 Å². The number of aromatic nitrogens is 2. The van der Waals surface area contributed by atoms with Crippen LogP contribution in [0.3, 0.4) is 0 Å². The summed E-state index contributed by atoms with van der Waals surface area (Å²) < 4.78 is 5.16. The first-order chi connectivity index (χ1) is 8.70. The monoisotopic (exact) mass is 260 g/mol. The van der Waals surface area contributed by atoms with Gasteiger partial charge in [-0.1, -0.05) is 0 Å². The quantitative estimate of drug-likeness (QED) is 0.498. The Bertz CT molecular complexity index is 559. The lowest BCUT2D eigenvalue weighted by Gasteiger charge is -2.08. The van der Waals surface area contributed by atoms with Crippen molar-refractivity contribution in [3.8, 4) is 5.75 Å². The fourth-order valence-corrected chi connectivity index (χ4v) is 2.26. The fraction of sp³-hybridized carbons (Fsp3) is 0.0833. The first-order valence-electron chi connectivity index (χ1n) is 5.18. The lowest BCUT2D eigenvalue weighted by molar-refractivity contribution is 0.413. The molecule has 0 saturated carbocycles. The van der Waals surface area contributed by atoms with Gasteiger partial charge < -0.3 is 10.5 Å². The van der Waals surface area contributed by atoms with Crippen molar-refractivity contribution in [1.82, 2.24) is 9.97 Å². The van der Waals surface area contributed by atoms with Crippen LogP contribution in [0.25, 0.3) is 0 Å². The SMILES string of the molecule is COc1ccc(C(=N)N)c(Sc2ncccn2)c1. The molecule has 5 nitrogen and oxygen atoms in total. The first-order valence-corrected chi connectivity index (χ1v) is 5.99. The molecular weight excluding hydrogens is 248 g/mol. The van der Waals surface area contributed by atoms with Crippen LogP contribution in [0.1, 0.15) is 5.56 Å². The van der Waals surface area contributed by atoms with Crippen LogP contribution in [0, 0.1) is 5.41 Å². The van der Waals surface area contributed by atoms with Crippen molar-refractivity contribution in [3.05, 3.63) is 42.2 Å². The molecule has 0 fully saturated rings. The van der Waals surface area contributed by atoms with Crippen molar-refractivity contribution < 1.29 is 4.74 Å². The van der Waals surface area contributed by atoms with Crippen LogP contribution in [-0.4, -0.2) is 22.9 Å². The number of benzene rings is 1. The Hall–Kier alpha value is -2.08. The van der Waals surface area contributed by atoms with Crippen molar-refractivity contribution >= 4 is 17.6 Å². The topological polar surface area (TPSA) is 84.9 Å². The molecule has 0 unspecified atom stereocenters. The number of nitrogens with two attached hydrogens (primary N) is 1. The highest BCUT2D eigenvalue weighted by atomic mass is 32.2. The minimum atomic E-state index is 0.0103. The van der Waals surface area contributed by atoms with Crippen molar-refractivity contribution in [2.45, 2.75) is 10.1 Å². The number of rotatable bonds is 4. The Balaban J connectivity index is 2.38. The highest BCUT2D eigenvalue weighted by Crippen LogP contribution is 2.30. The molecule has 0 aliphatic heterocycles. The molecule has 1 aromatic heterocycles. The standard InChI is InChI=1S/C12H12N4OS/c1-17-8-3-4-9(11(13)14)10(7-8)18-12-15-5-2-6-16-12/h2-7H,1H3,(H3,13,14). The number of amidine groups is 1. The van der Waals surface area contributed by atoms with Crippen LogP contribution in [-0.2, 0) is 0 Å². The van der Waals surface area contributed by atoms with Crippen LogP contribution in [0.15, 0.2) is 46.7 Å². The van der Waals surface area contributed by atoms with Crippen LogP contribution >= 0.6 is 11.8 Å². The van der Waals surface area contributed by atoms with E-state index >= 15 is 0 Å². The zero-order valence-corrected chi connectivity index (χ0v) is 10.6. The Morgan fingerprint density at radius 3 is 2.67 bits per heavy atom. The molecule has 0 amide bonds. The lowest BCUT2D eigenvalue weighted by atomic mass is 10.2. The van der Waals surface area contributed by atoms with Crippen molar-refractivity contribution in [1.29, 1.82) is 5.41 Å². The number of nitrogen functional groups attached to an aromatic ring is 1. The molecule has 0 bridgehead atoms. The second-order valence-electron chi connectivity index (χ2n) is 3.41. The molecule has 0 aliphatic rings. The Kier molecular flexibility index (Phi) is 3.78. The van der Waals surface area contributed by atoms with Crippen molar-refractivity contribution in [2.75, 3.05) is 7.11 Å². The van der Waals surface area contributed by atoms with Crippen LogP contribution in [0.5, 0.6) is 5.75 Å². The Morgan fingerprint density at radius 1 is 1.33 bits per heavy atom. The number of hydrogen-bond donors (Lipinski definition) is 2. The van der Waals surface area contributed by atoms with Gasteiger partial charge in [-0.3, -0.25) is 5.41 Å². The molecule has 6 heteroatoms. The minimum absolute atomic E-state index is 0.0103. The summed E-state index contributed by atoms with van der Waals surface area (Å²) in [6.07, 6.45) is 3.34. The van der Waals surface area contributed by atoms with E-state index in [-0.39, 0.29) is 5.84 Å². The van der Waals surface area contributed by atoms with Gasteiger partial charge in [-0.25, -0.2) is 9.97 Å². The summed E-state index contributed by atoms with van der Waals surface area (Å²) in [7, 11) is 1.59. The molecule has 1 heterocycles. The summed E-state index contributed by atoms with van der Waals surface area (Å²) in [5, 5.41) is 8.16. The van der Waals surface area contributed by atoms with Crippen LogP contribution in [0.2, 0.25) is 0 Å². The second kappa shape index (κ2) is 5.50. The number of nitrogens with one attached hydrogen (secondary N) is 1. The zero-order chi connectivity index (χ0) is 13.0. The van der Waals surface area contributed by atoms with E-state index in [1.807, 2.05) is 6.07 Å². The molecule has 0 spiro atoms. The summed E-state index contributed by atoms with van der Waals surface area (Å²) in [5.74, 6) is 0.717. The normalized spacial score (nSPS) is 10.1. The van der Waals surface area contributed by atoms with Crippen molar-refractivity contribution in [2.24, 2.45) is 5.73 Å². The van der Waals surface area contributed by atoms with E-state index in [0.29, 0.717) is 16.5 Å². The highest BCUT2D eigenvalue weighted by molar-refractivity contribution is 7.99. The van der Waals surface area contributed by atoms with E-state index in [9.17, 15) is 0 Å². The predicted molar refractivity (Wildman–Crippen MR) is 70.2 cm³/mol. The highest BCUT2D eigenvalue weighted by Gasteiger charge is 2.10. The maximum Gasteiger partial charge on any atom is 0.192 e. The van der Waals surface area contributed by atoms with Gasteiger partial charge in [0.1, 0.15) is 11.6 Å². The average Bonchev–Trinajstić information content (AvgIpc) is 2.39. The van der Waals surface area contributed by atoms with Gasteiger partial charge in [0.2, 0.25) is 0 Å². The smallest absolute Gasteiger partial charge is 0.192 e. The largest absolute Gasteiger partial charge is 0.497 e. The summed E-state index contributed by atoms with van der Waals surface area (Å²) in [6.45, 7) is 0.